The molecule has 1 amide bonds. The van der Waals surface area contributed by atoms with Crippen LogP contribution in [0.4, 0.5) is 4.79 Å². The number of rotatable bonds is 3. The zero-order valence-corrected chi connectivity index (χ0v) is 24.6. The molecular weight excluding hydrogens is 490 g/mol. The number of carbonyl (C=O) groups excluding carboxylic acids is 1. The first-order valence-electron chi connectivity index (χ1n) is 15.1. The molecule has 3 aromatic carbocycles. The predicted octanol–water partition coefficient (Wildman–Crippen LogP) is 8.91. The van der Waals surface area contributed by atoms with Crippen LogP contribution >= 0.6 is 0 Å². The molecule has 2 aliphatic heterocycles. The van der Waals surface area contributed by atoms with Gasteiger partial charge in [0.05, 0.1) is 6.04 Å². The Hall–Kier alpha value is -3.33. The van der Waals surface area contributed by atoms with Gasteiger partial charge in [-0.05, 0) is 99.9 Å². The van der Waals surface area contributed by atoms with Crippen molar-refractivity contribution in [3.63, 3.8) is 0 Å². The molecule has 2 atom stereocenters. The molecule has 1 fully saturated rings. The van der Waals surface area contributed by atoms with Gasteiger partial charge in [-0.2, -0.15) is 0 Å². The first-order chi connectivity index (χ1) is 19.1. The summed E-state index contributed by atoms with van der Waals surface area (Å²) in [4.78, 5) is 15.6. The van der Waals surface area contributed by atoms with Gasteiger partial charge in [0.25, 0.3) is 0 Å². The van der Waals surface area contributed by atoms with E-state index in [0.29, 0.717) is 6.61 Å². The van der Waals surface area contributed by atoms with E-state index in [1.165, 1.54) is 62.9 Å². The van der Waals surface area contributed by atoms with E-state index in [2.05, 4.69) is 101 Å². The Morgan fingerprint density at radius 1 is 0.850 bits per heavy atom. The zero-order chi connectivity index (χ0) is 27.8. The lowest BCUT2D eigenvalue weighted by Crippen LogP contribution is -2.43. The molecule has 4 aliphatic rings. The Bertz CT molecular complexity index is 1500. The van der Waals surface area contributed by atoms with Crippen LogP contribution in [0.25, 0.3) is 16.7 Å². The van der Waals surface area contributed by atoms with Gasteiger partial charge in [0.1, 0.15) is 6.61 Å². The molecule has 2 unspecified atom stereocenters. The van der Waals surface area contributed by atoms with Gasteiger partial charge in [0.15, 0.2) is 0 Å². The maximum atomic E-state index is 13.6. The standard InChI is InChI=1S/C37H41NO2/c1-23-18-33-34(37(4,5)17-16-36(33,2)3)21-31(23)24-19-25-14-15-26(20-24)38(25)35(39)40-22-32-29-12-8-6-10-27(29)28-11-7-9-13-30(28)32/h6-13,18-19,21,25-26,32H,14-17,20,22H2,1-5H3. The van der Waals surface area contributed by atoms with Gasteiger partial charge in [0, 0.05) is 12.0 Å². The van der Waals surface area contributed by atoms with Gasteiger partial charge in [-0.1, -0.05) is 94.4 Å². The summed E-state index contributed by atoms with van der Waals surface area (Å²) in [5.41, 5.74) is 12.6. The fourth-order valence-corrected chi connectivity index (χ4v) is 8.05. The molecule has 3 heteroatoms. The van der Waals surface area contributed by atoms with Crippen LogP contribution < -0.4 is 0 Å². The van der Waals surface area contributed by atoms with Crippen molar-refractivity contribution >= 4 is 11.7 Å². The van der Waals surface area contributed by atoms with Crippen molar-refractivity contribution < 1.29 is 9.53 Å². The van der Waals surface area contributed by atoms with E-state index >= 15 is 0 Å². The van der Waals surface area contributed by atoms with Crippen LogP contribution in [-0.4, -0.2) is 29.7 Å². The third-order valence-electron chi connectivity index (χ3n) is 10.5. The molecule has 3 aromatic rings. The van der Waals surface area contributed by atoms with E-state index in [9.17, 15) is 4.79 Å². The quantitative estimate of drug-likeness (QED) is 0.338. The molecule has 2 heterocycles. The van der Waals surface area contributed by atoms with E-state index < -0.39 is 0 Å². The molecule has 7 rings (SSSR count). The van der Waals surface area contributed by atoms with E-state index in [4.69, 9.17) is 4.74 Å². The molecule has 2 bridgehead atoms. The van der Waals surface area contributed by atoms with Gasteiger partial charge in [-0.3, -0.25) is 4.90 Å². The molecule has 2 aliphatic carbocycles. The highest BCUT2D eigenvalue weighted by Crippen LogP contribution is 2.49. The molecule has 0 spiro atoms. The average molecular weight is 532 g/mol. The second kappa shape index (κ2) is 9.09. The van der Waals surface area contributed by atoms with E-state index in [1.54, 1.807) is 0 Å². The molecule has 40 heavy (non-hydrogen) atoms. The number of fused-ring (bicyclic) bond motifs is 6. The molecule has 206 valence electrons. The lowest BCUT2D eigenvalue weighted by molar-refractivity contribution is 0.0866. The van der Waals surface area contributed by atoms with E-state index in [0.717, 1.165) is 19.3 Å². The number of benzene rings is 3. The summed E-state index contributed by atoms with van der Waals surface area (Å²) >= 11 is 0. The molecule has 0 radical (unpaired) electrons. The lowest BCUT2D eigenvalue weighted by atomic mass is 9.62. The smallest absolute Gasteiger partial charge is 0.410 e. The Labute approximate surface area is 239 Å². The second-order valence-electron chi connectivity index (χ2n) is 13.9. The van der Waals surface area contributed by atoms with Gasteiger partial charge in [-0.15, -0.1) is 0 Å². The zero-order valence-electron chi connectivity index (χ0n) is 24.6. The summed E-state index contributed by atoms with van der Waals surface area (Å²) in [6, 6.07) is 22.3. The molecule has 1 saturated heterocycles. The van der Waals surface area contributed by atoms with E-state index in [-0.39, 0.29) is 34.9 Å². The monoisotopic (exact) mass is 531 g/mol. The molecule has 0 N–H and O–H groups in total. The maximum absolute atomic E-state index is 13.6. The first-order valence-corrected chi connectivity index (χ1v) is 15.1. The van der Waals surface area contributed by atoms with Crippen LogP contribution in [-0.2, 0) is 15.6 Å². The molecule has 0 aromatic heterocycles. The third kappa shape index (κ3) is 3.96. The highest BCUT2D eigenvalue weighted by Gasteiger charge is 2.43. The average Bonchev–Trinajstić information content (AvgIpc) is 3.40. The second-order valence-corrected chi connectivity index (χ2v) is 13.9. The number of hydrogen-bond acceptors (Lipinski definition) is 2. The minimum absolute atomic E-state index is 0.0932. The normalized spacial score (nSPS) is 23.7. The van der Waals surface area contributed by atoms with Crippen LogP contribution in [0, 0.1) is 6.92 Å². The highest BCUT2D eigenvalue weighted by atomic mass is 16.6. The Morgan fingerprint density at radius 3 is 2.08 bits per heavy atom. The summed E-state index contributed by atoms with van der Waals surface area (Å²) in [6.45, 7) is 12.2. The molecule has 3 nitrogen and oxygen atoms in total. The lowest BCUT2D eigenvalue weighted by Gasteiger charge is -2.43. The number of nitrogens with zero attached hydrogens (tertiary/aromatic N) is 1. The third-order valence-corrected chi connectivity index (χ3v) is 10.5. The van der Waals surface area contributed by atoms with E-state index in [1.807, 2.05) is 4.90 Å². The molecular formula is C37H41NO2. The summed E-state index contributed by atoms with van der Waals surface area (Å²) in [6.07, 6.45) is 7.63. The van der Waals surface area contributed by atoms with Crippen molar-refractivity contribution in [3.8, 4) is 11.1 Å². The summed E-state index contributed by atoms with van der Waals surface area (Å²) in [5, 5.41) is 0. The molecule has 0 saturated carbocycles. The van der Waals surface area contributed by atoms with Crippen molar-refractivity contribution in [2.24, 2.45) is 0 Å². The summed E-state index contributed by atoms with van der Waals surface area (Å²) in [7, 11) is 0. The number of carbonyl (C=O) groups is 1. The highest BCUT2D eigenvalue weighted by molar-refractivity contribution is 5.80. The van der Waals surface area contributed by atoms with Crippen LogP contribution in [0.5, 0.6) is 0 Å². The fourth-order valence-electron chi connectivity index (χ4n) is 8.05. The topological polar surface area (TPSA) is 29.5 Å². The Kier molecular flexibility index (Phi) is 5.82. The summed E-state index contributed by atoms with van der Waals surface area (Å²) in [5.74, 6) is 0.0932. The van der Waals surface area contributed by atoms with Crippen LogP contribution in [0.15, 0.2) is 66.7 Å². The minimum atomic E-state index is -0.158. The number of hydrogen-bond donors (Lipinski definition) is 0. The van der Waals surface area contributed by atoms with Crippen LogP contribution in [0.3, 0.4) is 0 Å². The largest absolute Gasteiger partial charge is 0.448 e. The van der Waals surface area contributed by atoms with Crippen molar-refractivity contribution in [2.45, 2.75) is 95.6 Å². The van der Waals surface area contributed by atoms with Crippen molar-refractivity contribution in [1.82, 2.24) is 4.90 Å². The summed E-state index contributed by atoms with van der Waals surface area (Å²) < 4.78 is 6.11. The first kappa shape index (κ1) is 25.6. The van der Waals surface area contributed by atoms with Crippen molar-refractivity contribution in [2.75, 3.05) is 6.61 Å². The van der Waals surface area contributed by atoms with Gasteiger partial charge in [0.2, 0.25) is 0 Å². The van der Waals surface area contributed by atoms with Gasteiger partial charge < -0.3 is 4.74 Å². The van der Waals surface area contributed by atoms with Crippen LogP contribution in [0.1, 0.15) is 99.1 Å². The number of amides is 1. The predicted molar refractivity (Wildman–Crippen MR) is 163 cm³/mol. The number of ether oxygens (including phenoxy) is 1. The maximum Gasteiger partial charge on any atom is 0.410 e. The van der Waals surface area contributed by atoms with Crippen LogP contribution in [0.2, 0.25) is 0 Å². The SMILES string of the molecule is Cc1cc2c(cc1C1=CC3CCC(C1)N3C(=O)OCC1c3ccccc3-c3ccccc31)C(C)(C)CCC2(C)C. The Balaban J connectivity index is 1.13. The van der Waals surface area contributed by atoms with Crippen molar-refractivity contribution in [1.29, 1.82) is 0 Å². The van der Waals surface area contributed by atoms with Gasteiger partial charge >= 0.3 is 6.09 Å². The fraction of sp³-hybridized carbons (Fsp3) is 0.432. The Morgan fingerprint density at radius 2 is 1.45 bits per heavy atom. The number of aryl methyl sites for hydroxylation is 1. The van der Waals surface area contributed by atoms with Crippen molar-refractivity contribution in [3.05, 3.63) is 100 Å². The van der Waals surface area contributed by atoms with Gasteiger partial charge in [-0.25, -0.2) is 4.79 Å². The minimum Gasteiger partial charge on any atom is -0.448 e.